The highest BCUT2D eigenvalue weighted by Gasteiger charge is 2.16. The van der Waals surface area contributed by atoms with Crippen molar-refractivity contribution in [1.29, 1.82) is 0 Å². The summed E-state index contributed by atoms with van der Waals surface area (Å²) in [6, 6.07) is 10.4. The minimum Gasteiger partial charge on any atom is -0.493 e. The Morgan fingerprint density at radius 3 is 2.42 bits per heavy atom. The van der Waals surface area contributed by atoms with Crippen molar-refractivity contribution in [2.75, 3.05) is 19.5 Å². The molecule has 5 nitrogen and oxygen atoms in total. The quantitative estimate of drug-likeness (QED) is 0.854. The van der Waals surface area contributed by atoms with Gasteiger partial charge in [-0.05, 0) is 49.7 Å². The number of ether oxygens (including phenoxy) is 3. The number of rotatable bonds is 6. The Labute approximate surface area is 146 Å². The maximum atomic E-state index is 12.3. The van der Waals surface area contributed by atoms with E-state index in [4.69, 9.17) is 25.8 Å². The van der Waals surface area contributed by atoms with Crippen LogP contribution < -0.4 is 19.5 Å². The standard InChI is InChI=1S/C18H20ClNO4/c1-11-9-14(6-7-15(11)19)24-12(2)18(21)20-13-5-8-16(22-3)17(10-13)23-4/h5-10,12H,1-4H3,(H,20,21). The predicted molar refractivity (Wildman–Crippen MR) is 94.5 cm³/mol. The van der Waals surface area contributed by atoms with E-state index in [2.05, 4.69) is 5.32 Å². The van der Waals surface area contributed by atoms with Gasteiger partial charge in [0.2, 0.25) is 0 Å². The van der Waals surface area contributed by atoms with Gasteiger partial charge in [-0.3, -0.25) is 4.79 Å². The van der Waals surface area contributed by atoms with Crippen LogP contribution in [0.15, 0.2) is 36.4 Å². The van der Waals surface area contributed by atoms with Crippen LogP contribution in [0.5, 0.6) is 17.2 Å². The van der Waals surface area contributed by atoms with Crippen LogP contribution in [0.25, 0.3) is 0 Å². The number of methoxy groups -OCH3 is 2. The van der Waals surface area contributed by atoms with Crippen molar-refractivity contribution < 1.29 is 19.0 Å². The van der Waals surface area contributed by atoms with Crippen LogP contribution in [0.1, 0.15) is 12.5 Å². The van der Waals surface area contributed by atoms with Gasteiger partial charge in [0.05, 0.1) is 14.2 Å². The topological polar surface area (TPSA) is 56.8 Å². The third kappa shape index (κ3) is 4.32. The largest absolute Gasteiger partial charge is 0.493 e. The van der Waals surface area contributed by atoms with Gasteiger partial charge in [0.15, 0.2) is 17.6 Å². The monoisotopic (exact) mass is 349 g/mol. The van der Waals surface area contributed by atoms with Gasteiger partial charge in [0.1, 0.15) is 5.75 Å². The van der Waals surface area contributed by atoms with Crippen LogP contribution in [0, 0.1) is 6.92 Å². The van der Waals surface area contributed by atoms with Crippen LogP contribution in [0.4, 0.5) is 5.69 Å². The number of halogens is 1. The Kier molecular flexibility index (Phi) is 5.93. The molecule has 0 spiro atoms. The molecule has 0 aromatic heterocycles. The molecule has 1 atom stereocenters. The molecule has 1 N–H and O–H groups in total. The fraction of sp³-hybridized carbons (Fsp3) is 0.278. The molecule has 2 aromatic carbocycles. The van der Waals surface area contributed by atoms with E-state index < -0.39 is 6.10 Å². The molecule has 0 saturated carbocycles. The summed E-state index contributed by atoms with van der Waals surface area (Å²) in [5.41, 5.74) is 1.49. The van der Waals surface area contributed by atoms with Crippen LogP contribution >= 0.6 is 11.6 Å². The molecule has 24 heavy (non-hydrogen) atoms. The zero-order chi connectivity index (χ0) is 17.7. The number of benzene rings is 2. The van der Waals surface area contributed by atoms with Crippen molar-refractivity contribution in [2.24, 2.45) is 0 Å². The Morgan fingerprint density at radius 1 is 1.08 bits per heavy atom. The lowest BCUT2D eigenvalue weighted by molar-refractivity contribution is -0.122. The summed E-state index contributed by atoms with van der Waals surface area (Å²) in [4.78, 5) is 12.3. The molecule has 0 aliphatic carbocycles. The van der Waals surface area contributed by atoms with E-state index in [0.717, 1.165) is 5.56 Å². The first kappa shape index (κ1) is 17.9. The van der Waals surface area contributed by atoms with Crippen molar-refractivity contribution in [3.05, 3.63) is 47.0 Å². The second-order valence-corrected chi connectivity index (χ2v) is 5.64. The van der Waals surface area contributed by atoms with Gasteiger partial charge in [-0.1, -0.05) is 11.6 Å². The minimum absolute atomic E-state index is 0.269. The summed E-state index contributed by atoms with van der Waals surface area (Å²) in [6.45, 7) is 3.56. The lowest BCUT2D eigenvalue weighted by atomic mass is 10.2. The molecular formula is C18H20ClNO4. The molecule has 0 saturated heterocycles. The lowest BCUT2D eigenvalue weighted by Gasteiger charge is -2.16. The normalized spacial score (nSPS) is 11.5. The molecule has 1 amide bonds. The van der Waals surface area contributed by atoms with E-state index in [1.165, 1.54) is 7.11 Å². The molecule has 6 heteroatoms. The van der Waals surface area contributed by atoms with E-state index in [9.17, 15) is 4.79 Å². The van der Waals surface area contributed by atoms with Crippen molar-refractivity contribution in [1.82, 2.24) is 0 Å². The smallest absolute Gasteiger partial charge is 0.265 e. The van der Waals surface area contributed by atoms with Crippen LogP contribution in [-0.2, 0) is 4.79 Å². The number of carbonyl (C=O) groups is 1. The molecule has 1 unspecified atom stereocenters. The third-order valence-corrected chi connectivity index (χ3v) is 3.89. The minimum atomic E-state index is -0.668. The Morgan fingerprint density at radius 2 is 1.79 bits per heavy atom. The molecule has 0 aliphatic heterocycles. The predicted octanol–water partition coefficient (Wildman–Crippen LogP) is 4.07. The SMILES string of the molecule is COc1ccc(NC(=O)C(C)Oc2ccc(Cl)c(C)c2)cc1OC. The van der Waals surface area contributed by atoms with E-state index in [1.807, 2.05) is 6.92 Å². The second kappa shape index (κ2) is 7.93. The summed E-state index contributed by atoms with van der Waals surface area (Å²) in [5, 5.41) is 3.45. The van der Waals surface area contributed by atoms with E-state index in [1.54, 1.807) is 50.4 Å². The van der Waals surface area contributed by atoms with Gasteiger partial charge < -0.3 is 19.5 Å². The zero-order valence-corrected chi connectivity index (χ0v) is 14.8. The van der Waals surface area contributed by atoms with E-state index in [0.29, 0.717) is 28.0 Å². The molecule has 0 heterocycles. The Balaban J connectivity index is 2.04. The highest BCUT2D eigenvalue weighted by atomic mass is 35.5. The highest BCUT2D eigenvalue weighted by Crippen LogP contribution is 2.30. The van der Waals surface area contributed by atoms with Gasteiger partial charge in [-0.2, -0.15) is 0 Å². The maximum absolute atomic E-state index is 12.3. The number of anilines is 1. The summed E-state index contributed by atoms with van der Waals surface area (Å²) in [6.07, 6.45) is -0.668. The molecule has 0 bridgehead atoms. The number of hydrogen-bond acceptors (Lipinski definition) is 4. The van der Waals surface area contributed by atoms with Crippen molar-refractivity contribution in [2.45, 2.75) is 20.0 Å². The van der Waals surface area contributed by atoms with Gasteiger partial charge in [-0.25, -0.2) is 0 Å². The van der Waals surface area contributed by atoms with Crippen molar-refractivity contribution >= 4 is 23.2 Å². The number of aryl methyl sites for hydroxylation is 1. The fourth-order valence-corrected chi connectivity index (χ4v) is 2.22. The number of hydrogen-bond donors (Lipinski definition) is 1. The summed E-state index contributed by atoms with van der Waals surface area (Å²) < 4.78 is 16.0. The van der Waals surface area contributed by atoms with Crippen molar-refractivity contribution in [3.63, 3.8) is 0 Å². The first-order chi connectivity index (χ1) is 11.4. The summed E-state index contributed by atoms with van der Waals surface area (Å²) >= 11 is 5.98. The molecule has 128 valence electrons. The average molecular weight is 350 g/mol. The zero-order valence-electron chi connectivity index (χ0n) is 14.1. The molecular weight excluding hydrogens is 330 g/mol. The molecule has 0 aliphatic rings. The van der Waals surface area contributed by atoms with Gasteiger partial charge in [-0.15, -0.1) is 0 Å². The summed E-state index contributed by atoms with van der Waals surface area (Å²) in [5.74, 6) is 1.45. The first-order valence-corrected chi connectivity index (χ1v) is 7.78. The average Bonchev–Trinajstić information content (AvgIpc) is 2.57. The van der Waals surface area contributed by atoms with Crippen LogP contribution in [0.2, 0.25) is 5.02 Å². The fourth-order valence-electron chi connectivity index (χ4n) is 2.11. The maximum Gasteiger partial charge on any atom is 0.265 e. The van der Waals surface area contributed by atoms with Gasteiger partial charge >= 0.3 is 0 Å². The van der Waals surface area contributed by atoms with Crippen LogP contribution in [0.3, 0.4) is 0 Å². The van der Waals surface area contributed by atoms with E-state index in [-0.39, 0.29) is 5.91 Å². The highest BCUT2D eigenvalue weighted by molar-refractivity contribution is 6.31. The Hall–Kier alpha value is -2.40. The molecule has 0 radical (unpaired) electrons. The molecule has 0 fully saturated rings. The van der Waals surface area contributed by atoms with Crippen LogP contribution in [-0.4, -0.2) is 26.2 Å². The van der Waals surface area contributed by atoms with Gasteiger partial charge in [0.25, 0.3) is 5.91 Å². The molecule has 2 aromatic rings. The second-order valence-electron chi connectivity index (χ2n) is 5.23. The first-order valence-electron chi connectivity index (χ1n) is 7.40. The number of amides is 1. The van der Waals surface area contributed by atoms with Gasteiger partial charge in [0, 0.05) is 16.8 Å². The summed E-state index contributed by atoms with van der Waals surface area (Å²) in [7, 11) is 3.10. The van der Waals surface area contributed by atoms with Crippen molar-refractivity contribution in [3.8, 4) is 17.2 Å². The third-order valence-electron chi connectivity index (χ3n) is 3.46. The lowest BCUT2D eigenvalue weighted by Crippen LogP contribution is -2.30. The number of nitrogens with one attached hydrogen (secondary N) is 1. The Bertz CT molecular complexity index is 733. The molecule has 2 rings (SSSR count). The van der Waals surface area contributed by atoms with E-state index >= 15 is 0 Å². The number of carbonyl (C=O) groups excluding carboxylic acids is 1.